The molecule has 1 aromatic carbocycles. The molecule has 0 saturated heterocycles. The highest BCUT2D eigenvalue weighted by atomic mass is 16.5. The van der Waals surface area contributed by atoms with Crippen molar-refractivity contribution in [3.05, 3.63) is 65.4 Å². The van der Waals surface area contributed by atoms with Crippen LogP contribution in [0.3, 0.4) is 0 Å². The number of esters is 1. The van der Waals surface area contributed by atoms with Gasteiger partial charge in [-0.15, -0.1) is 0 Å². The number of unbranched alkanes of at least 4 members (excludes halogenated alkanes) is 6. The summed E-state index contributed by atoms with van der Waals surface area (Å²) in [7, 11) is 2.02. The molecule has 30 heavy (non-hydrogen) atoms. The number of carbonyl (C=O) groups excluding carboxylic acids is 1. The first-order valence-corrected chi connectivity index (χ1v) is 11.1. The van der Waals surface area contributed by atoms with Crippen LogP contribution >= 0.6 is 0 Å². The van der Waals surface area contributed by atoms with Crippen LogP contribution in [0, 0.1) is 6.92 Å². The molecule has 1 aliphatic rings. The van der Waals surface area contributed by atoms with E-state index in [-0.39, 0.29) is 5.97 Å². The second kappa shape index (κ2) is 10.8. The molecule has 0 fully saturated rings. The van der Waals surface area contributed by atoms with E-state index >= 15 is 0 Å². The van der Waals surface area contributed by atoms with Crippen molar-refractivity contribution in [1.82, 2.24) is 4.57 Å². The molecular formula is C25H33N3O2. The summed E-state index contributed by atoms with van der Waals surface area (Å²) in [5, 5.41) is 3.26. The van der Waals surface area contributed by atoms with Gasteiger partial charge in [-0.1, -0.05) is 75.8 Å². The normalized spacial score (nSPS) is 13.0. The van der Waals surface area contributed by atoms with Gasteiger partial charge in [0.25, 0.3) is 0 Å². The number of nitrogens with one attached hydrogen (secondary N) is 1. The summed E-state index contributed by atoms with van der Waals surface area (Å²) in [6.45, 7) is 4.29. The first-order valence-electron chi connectivity index (χ1n) is 11.1. The highest BCUT2D eigenvalue weighted by molar-refractivity contribution is 6.17. The highest BCUT2D eigenvalue weighted by Gasteiger charge is 2.22. The van der Waals surface area contributed by atoms with E-state index < -0.39 is 0 Å². The Labute approximate surface area is 179 Å². The maximum absolute atomic E-state index is 12.4. The monoisotopic (exact) mass is 407 g/mol. The quantitative estimate of drug-likeness (QED) is 0.384. The molecule has 0 aliphatic carbocycles. The van der Waals surface area contributed by atoms with Gasteiger partial charge in [0.05, 0.1) is 17.6 Å². The van der Waals surface area contributed by atoms with E-state index in [1.54, 1.807) is 6.20 Å². The molecule has 160 valence electrons. The van der Waals surface area contributed by atoms with Gasteiger partial charge in [0.1, 0.15) is 0 Å². The summed E-state index contributed by atoms with van der Waals surface area (Å²) in [6, 6.07) is 10.0. The Morgan fingerprint density at radius 2 is 1.77 bits per heavy atom. The molecule has 0 unspecified atom stereocenters. The Morgan fingerprint density at radius 1 is 1.07 bits per heavy atom. The molecule has 0 bridgehead atoms. The lowest BCUT2D eigenvalue weighted by Gasteiger charge is -2.09. The van der Waals surface area contributed by atoms with E-state index in [0.717, 1.165) is 41.1 Å². The number of carbonyl (C=O) groups is 1. The highest BCUT2D eigenvalue weighted by Crippen LogP contribution is 2.29. The number of nitrogens with zero attached hydrogens (tertiary/aromatic N) is 2. The van der Waals surface area contributed by atoms with Crippen molar-refractivity contribution in [2.75, 3.05) is 5.32 Å². The number of aliphatic imine (C=N–C) groups is 1. The minimum absolute atomic E-state index is 0.225. The summed E-state index contributed by atoms with van der Waals surface area (Å²) in [4.78, 5) is 17.1. The van der Waals surface area contributed by atoms with Crippen LogP contribution in [-0.4, -0.2) is 16.2 Å². The Bertz CT molecular complexity index is 910. The van der Waals surface area contributed by atoms with Crippen LogP contribution in [0.5, 0.6) is 0 Å². The van der Waals surface area contributed by atoms with Crippen molar-refractivity contribution in [2.45, 2.75) is 65.2 Å². The van der Waals surface area contributed by atoms with Crippen LogP contribution < -0.4 is 5.32 Å². The topological polar surface area (TPSA) is 55.6 Å². The van der Waals surface area contributed by atoms with Crippen molar-refractivity contribution in [2.24, 2.45) is 12.0 Å². The molecule has 2 aromatic rings. The molecule has 5 nitrogen and oxygen atoms in total. The van der Waals surface area contributed by atoms with Gasteiger partial charge < -0.3 is 14.6 Å². The summed E-state index contributed by atoms with van der Waals surface area (Å²) < 4.78 is 7.68. The number of ether oxygens (including phenoxy) is 1. The van der Waals surface area contributed by atoms with Gasteiger partial charge in [0, 0.05) is 36.5 Å². The zero-order valence-corrected chi connectivity index (χ0v) is 18.4. The average Bonchev–Trinajstić information content (AvgIpc) is 2.92. The van der Waals surface area contributed by atoms with Gasteiger partial charge in [-0.25, -0.2) is 4.99 Å². The molecule has 3 rings (SSSR count). The van der Waals surface area contributed by atoms with Crippen LogP contribution in [0.15, 0.2) is 53.6 Å². The van der Waals surface area contributed by atoms with Crippen LogP contribution in [0.4, 0.5) is 5.69 Å². The molecule has 0 radical (unpaired) electrons. The fourth-order valence-corrected chi connectivity index (χ4v) is 3.72. The first kappa shape index (κ1) is 21.9. The van der Waals surface area contributed by atoms with E-state index in [1.807, 2.05) is 43.6 Å². The molecule has 0 saturated carbocycles. The number of hydrogen-bond donors (Lipinski definition) is 1. The first-order chi connectivity index (χ1) is 14.6. The number of hydrogen-bond acceptors (Lipinski definition) is 4. The lowest BCUT2D eigenvalue weighted by molar-refractivity contribution is -0.139. The summed E-state index contributed by atoms with van der Waals surface area (Å²) in [5.41, 5.74) is 4.88. The van der Waals surface area contributed by atoms with E-state index in [4.69, 9.17) is 9.73 Å². The molecule has 1 aliphatic heterocycles. The predicted molar refractivity (Wildman–Crippen MR) is 123 cm³/mol. The Morgan fingerprint density at radius 3 is 2.50 bits per heavy atom. The SMILES string of the molecule is CCCCCCCCCC(=O)OC1=CNc2cn(C)c(C)c2C(c2ccccc2)=N1. The molecule has 2 heterocycles. The third-order valence-corrected chi connectivity index (χ3v) is 5.54. The maximum atomic E-state index is 12.4. The van der Waals surface area contributed by atoms with E-state index in [9.17, 15) is 4.79 Å². The van der Waals surface area contributed by atoms with Crippen molar-refractivity contribution in [3.63, 3.8) is 0 Å². The van der Waals surface area contributed by atoms with Crippen molar-refractivity contribution in [3.8, 4) is 0 Å². The number of fused-ring (bicyclic) bond motifs is 1. The van der Waals surface area contributed by atoms with Gasteiger partial charge in [-0.05, 0) is 13.3 Å². The smallest absolute Gasteiger partial charge is 0.312 e. The van der Waals surface area contributed by atoms with Crippen LogP contribution in [0.2, 0.25) is 0 Å². The molecule has 0 amide bonds. The van der Waals surface area contributed by atoms with E-state index in [1.165, 1.54) is 32.1 Å². The lowest BCUT2D eigenvalue weighted by Crippen LogP contribution is -2.08. The van der Waals surface area contributed by atoms with E-state index in [0.29, 0.717) is 12.3 Å². The number of benzene rings is 1. The predicted octanol–water partition coefficient (Wildman–Crippen LogP) is 6.08. The molecule has 1 aromatic heterocycles. The van der Waals surface area contributed by atoms with Gasteiger partial charge in [-0.3, -0.25) is 4.79 Å². The van der Waals surface area contributed by atoms with Gasteiger partial charge in [0.15, 0.2) is 0 Å². The number of anilines is 1. The third kappa shape index (κ3) is 5.62. The van der Waals surface area contributed by atoms with Gasteiger partial charge in [0.2, 0.25) is 5.88 Å². The number of rotatable bonds is 10. The maximum Gasteiger partial charge on any atom is 0.312 e. The third-order valence-electron chi connectivity index (χ3n) is 5.54. The Balaban J connectivity index is 1.66. The standard InChI is InChI=1S/C25H33N3O2/c1-4-5-6-7-8-9-13-16-23(29)30-22-17-26-21-18-28(3)19(2)24(21)25(27-22)20-14-11-10-12-15-20/h10-12,14-15,17-18,26H,4-9,13,16H2,1-3H3. The van der Waals surface area contributed by atoms with Crippen molar-refractivity contribution >= 4 is 17.4 Å². The molecule has 0 atom stereocenters. The molecular weight excluding hydrogens is 374 g/mol. The van der Waals surface area contributed by atoms with Crippen LogP contribution in [0.1, 0.15) is 75.1 Å². The largest absolute Gasteiger partial charge is 0.406 e. The van der Waals surface area contributed by atoms with Gasteiger partial charge in [-0.2, -0.15) is 0 Å². The lowest BCUT2D eigenvalue weighted by atomic mass is 10.0. The minimum atomic E-state index is -0.225. The van der Waals surface area contributed by atoms with Crippen molar-refractivity contribution in [1.29, 1.82) is 0 Å². The molecule has 5 heteroatoms. The zero-order chi connectivity index (χ0) is 21.3. The Hall–Kier alpha value is -2.82. The summed E-state index contributed by atoms with van der Waals surface area (Å²) >= 11 is 0. The fraction of sp³-hybridized carbons (Fsp3) is 0.440. The van der Waals surface area contributed by atoms with Crippen LogP contribution in [0.25, 0.3) is 0 Å². The number of aryl methyl sites for hydroxylation is 1. The average molecular weight is 408 g/mol. The van der Waals surface area contributed by atoms with Crippen molar-refractivity contribution < 1.29 is 9.53 Å². The van der Waals surface area contributed by atoms with Crippen LogP contribution in [-0.2, 0) is 16.6 Å². The second-order valence-corrected chi connectivity index (χ2v) is 7.91. The second-order valence-electron chi connectivity index (χ2n) is 7.91. The Kier molecular flexibility index (Phi) is 7.89. The molecule has 0 spiro atoms. The van der Waals surface area contributed by atoms with Gasteiger partial charge >= 0.3 is 5.97 Å². The minimum Gasteiger partial charge on any atom is -0.406 e. The summed E-state index contributed by atoms with van der Waals surface area (Å²) in [6.07, 6.45) is 12.3. The zero-order valence-electron chi connectivity index (χ0n) is 18.4. The number of aromatic nitrogens is 1. The summed E-state index contributed by atoms with van der Waals surface area (Å²) in [5.74, 6) is 0.0803. The fourth-order valence-electron chi connectivity index (χ4n) is 3.72. The molecule has 1 N–H and O–H groups in total. The van der Waals surface area contributed by atoms with E-state index in [2.05, 4.69) is 23.7 Å².